The smallest absolute Gasteiger partial charge is 0.309 e. The highest BCUT2D eigenvalue weighted by Gasteiger charge is 2.34. The molecule has 0 aliphatic heterocycles. The topological polar surface area (TPSA) is 33.6 Å². The van der Waals surface area contributed by atoms with Crippen LogP contribution in [-0.2, 0) is 18.5 Å². The second-order valence-electron chi connectivity index (χ2n) is 12.7. The van der Waals surface area contributed by atoms with E-state index in [-0.39, 0.29) is 44.4 Å². The van der Waals surface area contributed by atoms with Crippen LogP contribution in [0.15, 0.2) is 115 Å². The second kappa shape index (κ2) is 11.6. The summed E-state index contributed by atoms with van der Waals surface area (Å²) >= 11 is 0. The molecule has 0 fully saturated rings. The summed E-state index contributed by atoms with van der Waals surface area (Å²) < 4.78 is 129. The Morgan fingerprint density at radius 3 is 1.43 bits per heavy atom. The maximum atomic E-state index is 14.3. The molecule has 6 aromatic carbocycles. The van der Waals surface area contributed by atoms with Crippen molar-refractivity contribution in [2.45, 2.75) is 25.5 Å². The molecular weight excluding hydrogens is 705 g/mol. The predicted molar refractivity (Wildman–Crippen MR) is 185 cm³/mol. The number of para-hydroxylation sites is 2. The Kier molecular flexibility index (Phi) is 7.45. The van der Waals surface area contributed by atoms with Crippen LogP contribution in [0.4, 0.5) is 39.5 Å². The van der Waals surface area contributed by atoms with Gasteiger partial charge in [0.1, 0.15) is 6.07 Å². The van der Waals surface area contributed by atoms with E-state index in [0.29, 0.717) is 32.8 Å². The van der Waals surface area contributed by atoms with Gasteiger partial charge in [-0.3, -0.25) is 0 Å². The molecule has 0 radical (unpaired) electrons. The third-order valence-electron chi connectivity index (χ3n) is 9.43. The van der Waals surface area contributed by atoms with Gasteiger partial charge in [-0.15, -0.1) is 0 Å². The van der Waals surface area contributed by atoms with E-state index >= 15 is 0 Å². The van der Waals surface area contributed by atoms with Crippen molar-refractivity contribution in [3.8, 4) is 28.6 Å². The number of alkyl halides is 9. The lowest BCUT2D eigenvalue weighted by molar-refractivity contribution is -0.138. The van der Waals surface area contributed by atoms with Crippen LogP contribution in [0, 0.1) is 18.3 Å². The minimum absolute atomic E-state index is 0.00726. The zero-order valence-electron chi connectivity index (χ0n) is 27.2. The second-order valence-corrected chi connectivity index (χ2v) is 12.7. The molecule has 0 amide bonds. The third-order valence-corrected chi connectivity index (χ3v) is 9.43. The molecule has 0 saturated carbocycles. The molecule has 2 heterocycles. The number of benzene rings is 6. The normalized spacial score (nSPS) is 12.7. The molecule has 0 N–H and O–H groups in total. The van der Waals surface area contributed by atoms with Crippen molar-refractivity contribution < 1.29 is 39.5 Å². The molecule has 0 bridgehead atoms. The Morgan fingerprint density at radius 1 is 0.472 bits per heavy atom. The summed E-state index contributed by atoms with van der Waals surface area (Å²) in [4.78, 5) is 0. The first-order chi connectivity index (χ1) is 25.0. The number of nitrogens with zero attached hydrogens (tertiary/aromatic N) is 3. The number of halogens is 9. The summed E-state index contributed by atoms with van der Waals surface area (Å²) in [7, 11) is 0. The molecule has 8 rings (SSSR count). The van der Waals surface area contributed by atoms with E-state index in [1.54, 1.807) is 57.7 Å². The van der Waals surface area contributed by atoms with E-state index in [0.717, 1.165) is 36.4 Å². The SMILES string of the molecule is Cc1cc(-c2cc(-n3c4ccccc4c4cc(C(F)(F)F)ccc43)c(C#N)cc2-n2c3ccccc3c3cc(C(F)(F)F)ccc32)cc(C(F)(F)F)c1. The van der Waals surface area contributed by atoms with Gasteiger partial charge in [-0.25, -0.2) is 0 Å². The largest absolute Gasteiger partial charge is 0.416 e. The number of fused-ring (bicyclic) bond motifs is 6. The molecule has 3 nitrogen and oxygen atoms in total. The van der Waals surface area contributed by atoms with Gasteiger partial charge in [-0.05, 0) is 90.8 Å². The summed E-state index contributed by atoms with van der Waals surface area (Å²) in [6, 6.07) is 28.3. The van der Waals surface area contributed by atoms with Gasteiger partial charge < -0.3 is 9.13 Å². The number of hydrogen-bond acceptors (Lipinski definition) is 1. The minimum atomic E-state index is -4.74. The Balaban J connectivity index is 1.52. The summed E-state index contributed by atoms with van der Waals surface area (Å²) in [6.45, 7) is 1.49. The molecule has 0 atom stereocenters. The first-order valence-electron chi connectivity index (χ1n) is 16.0. The van der Waals surface area contributed by atoms with Crippen LogP contribution in [-0.4, -0.2) is 9.13 Å². The number of rotatable bonds is 3. The first-order valence-corrected chi connectivity index (χ1v) is 16.0. The van der Waals surface area contributed by atoms with Crippen molar-refractivity contribution >= 4 is 43.6 Å². The van der Waals surface area contributed by atoms with Gasteiger partial charge in [0.25, 0.3) is 0 Å². The van der Waals surface area contributed by atoms with E-state index in [9.17, 15) is 44.8 Å². The van der Waals surface area contributed by atoms with Crippen molar-refractivity contribution in [2.24, 2.45) is 0 Å². The molecule has 8 aromatic rings. The number of aryl methyl sites for hydroxylation is 1. The summed E-state index contributed by atoms with van der Waals surface area (Å²) in [6.07, 6.45) is -14.0. The molecule has 2 aromatic heterocycles. The van der Waals surface area contributed by atoms with Crippen LogP contribution in [0.1, 0.15) is 27.8 Å². The lowest BCUT2D eigenvalue weighted by Crippen LogP contribution is -2.07. The van der Waals surface area contributed by atoms with Gasteiger partial charge >= 0.3 is 18.5 Å². The van der Waals surface area contributed by atoms with E-state index in [4.69, 9.17) is 0 Å². The molecule has 0 aliphatic carbocycles. The van der Waals surface area contributed by atoms with Gasteiger partial charge in [0.2, 0.25) is 0 Å². The number of nitriles is 1. The van der Waals surface area contributed by atoms with E-state index in [1.807, 2.05) is 0 Å². The molecule has 0 aliphatic rings. The summed E-state index contributed by atoms with van der Waals surface area (Å²) in [5, 5.41) is 12.0. The average Bonchev–Trinajstić information content (AvgIpc) is 3.62. The van der Waals surface area contributed by atoms with Gasteiger partial charge in [-0.2, -0.15) is 44.8 Å². The number of aromatic nitrogens is 2. The minimum Gasteiger partial charge on any atom is -0.309 e. The Morgan fingerprint density at radius 2 is 0.943 bits per heavy atom. The zero-order valence-corrected chi connectivity index (χ0v) is 27.2. The van der Waals surface area contributed by atoms with Gasteiger partial charge in [0, 0.05) is 27.1 Å². The van der Waals surface area contributed by atoms with Crippen molar-refractivity contribution in [1.82, 2.24) is 9.13 Å². The highest BCUT2D eigenvalue weighted by molar-refractivity contribution is 6.11. The highest BCUT2D eigenvalue weighted by atomic mass is 19.4. The van der Waals surface area contributed by atoms with Crippen LogP contribution < -0.4 is 0 Å². The van der Waals surface area contributed by atoms with Gasteiger partial charge in [0.05, 0.1) is 55.7 Å². The molecule has 0 saturated heterocycles. The summed E-state index contributed by atoms with van der Waals surface area (Å²) in [5.41, 5.74) is -0.311. The monoisotopic (exact) mass is 727 g/mol. The lowest BCUT2D eigenvalue weighted by atomic mass is 9.96. The van der Waals surface area contributed by atoms with E-state index in [2.05, 4.69) is 6.07 Å². The summed E-state index contributed by atoms with van der Waals surface area (Å²) in [5.74, 6) is 0. The van der Waals surface area contributed by atoms with Crippen molar-refractivity contribution in [1.29, 1.82) is 5.26 Å². The van der Waals surface area contributed by atoms with Crippen molar-refractivity contribution in [2.75, 3.05) is 0 Å². The standard InChI is InChI=1S/C41H22F9N3/c1-22-14-23(16-27(15-22)41(48,49)50)30-20-37(52-33-8-4-2-6-28(33)31-18-25(39(42,43)44)10-12-35(31)52)24(21-51)17-38(30)53-34-9-5-3-7-29(34)32-19-26(40(45,46)47)11-13-36(32)53/h2-20H,1H3. The third kappa shape index (κ3) is 5.55. The zero-order chi connectivity index (χ0) is 37.6. The predicted octanol–water partition coefficient (Wildman–Crippen LogP) is 12.8. The highest BCUT2D eigenvalue weighted by Crippen LogP contribution is 2.44. The quantitative estimate of drug-likeness (QED) is 0.167. The first kappa shape index (κ1) is 33.9. The Labute approximate surface area is 294 Å². The maximum absolute atomic E-state index is 14.3. The molecule has 0 spiro atoms. The Hall–Kier alpha value is -6.22. The fourth-order valence-electron chi connectivity index (χ4n) is 7.19. The molecule has 0 unspecified atom stereocenters. The molecule has 264 valence electrons. The Bertz CT molecular complexity index is 2830. The van der Waals surface area contributed by atoms with Crippen LogP contribution in [0.2, 0.25) is 0 Å². The molecular formula is C41H22F9N3. The van der Waals surface area contributed by atoms with Crippen LogP contribution in [0.25, 0.3) is 66.1 Å². The van der Waals surface area contributed by atoms with Crippen molar-refractivity contribution in [3.63, 3.8) is 0 Å². The molecule has 12 heteroatoms. The average molecular weight is 728 g/mol. The van der Waals surface area contributed by atoms with Crippen LogP contribution in [0.3, 0.4) is 0 Å². The fraction of sp³-hybridized carbons (Fsp3) is 0.0976. The number of hydrogen-bond donors (Lipinski definition) is 0. The van der Waals surface area contributed by atoms with Crippen LogP contribution in [0.5, 0.6) is 0 Å². The van der Waals surface area contributed by atoms with Gasteiger partial charge in [0.15, 0.2) is 0 Å². The van der Waals surface area contributed by atoms with Crippen LogP contribution >= 0.6 is 0 Å². The molecule has 53 heavy (non-hydrogen) atoms. The van der Waals surface area contributed by atoms with Gasteiger partial charge in [-0.1, -0.05) is 42.5 Å². The van der Waals surface area contributed by atoms with Crippen molar-refractivity contribution in [3.05, 3.63) is 143 Å². The lowest BCUT2D eigenvalue weighted by Gasteiger charge is -2.20. The van der Waals surface area contributed by atoms with E-state index in [1.165, 1.54) is 37.3 Å². The van der Waals surface area contributed by atoms with E-state index < -0.39 is 35.2 Å². The maximum Gasteiger partial charge on any atom is 0.416 e. The fourth-order valence-corrected chi connectivity index (χ4v) is 7.19.